The lowest BCUT2D eigenvalue weighted by molar-refractivity contribution is -0.137. The van der Waals surface area contributed by atoms with E-state index in [2.05, 4.69) is 21.4 Å². The van der Waals surface area contributed by atoms with Crippen molar-refractivity contribution in [2.75, 3.05) is 5.32 Å². The summed E-state index contributed by atoms with van der Waals surface area (Å²) < 4.78 is 56.4. The normalized spacial score (nSPS) is 20.8. The fourth-order valence-corrected chi connectivity index (χ4v) is 5.50. The lowest BCUT2D eigenvalue weighted by Gasteiger charge is -2.44. The number of pyridine rings is 2. The Kier molecular flexibility index (Phi) is 4.96. The third kappa shape index (κ3) is 3.47. The van der Waals surface area contributed by atoms with Gasteiger partial charge in [-0.15, -0.1) is 0 Å². The molecule has 1 fully saturated rings. The zero-order valence-electron chi connectivity index (χ0n) is 15.4. The van der Waals surface area contributed by atoms with Gasteiger partial charge in [0.15, 0.2) is 5.65 Å². The van der Waals surface area contributed by atoms with Gasteiger partial charge in [0, 0.05) is 47.5 Å². The SMILES string of the molecule is Fc1cnc2c(c1)c(-c1cc(C(F)(F)F)cc(NC3C4=CCCC3C4)n1)cn2SI. The Hall–Kier alpha value is -1.82. The highest BCUT2D eigenvalue weighted by Gasteiger charge is 2.39. The molecule has 156 valence electrons. The lowest BCUT2D eigenvalue weighted by atomic mass is 9.68. The van der Waals surface area contributed by atoms with Crippen molar-refractivity contribution >= 4 is 47.2 Å². The highest BCUT2D eigenvalue weighted by Crippen LogP contribution is 2.44. The smallest absolute Gasteiger partial charge is 0.363 e. The van der Waals surface area contributed by atoms with Gasteiger partial charge < -0.3 is 5.32 Å². The van der Waals surface area contributed by atoms with E-state index >= 15 is 0 Å². The molecule has 1 N–H and O–H groups in total. The van der Waals surface area contributed by atoms with E-state index in [1.165, 1.54) is 20.8 Å². The van der Waals surface area contributed by atoms with E-state index in [-0.39, 0.29) is 17.6 Å². The van der Waals surface area contributed by atoms with Gasteiger partial charge in [-0.05, 0) is 43.4 Å². The number of halogens is 5. The molecule has 3 aromatic heterocycles. The number of hydrogen-bond donors (Lipinski definition) is 1. The number of fused-ring (bicyclic) bond motifs is 3. The van der Waals surface area contributed by atoms with E-state index in [0.717, 1.165) is 37.6 Å². The van der Waals surface area contributed by atoms with Crippen molar-refractivity contribution in [2.24, 2.45) is 5.92 Å². The molecule has 2 bridgehead atoms. The average Bonchev–Trinajstić information content (AvgIpc) is 3.09. The largest absolute Gasteiger partial charge is 0.416 e. The molecule has 1 saturated carbocycles. The highest BCUT2D eigenvalue weighted by atomic mass is 127. The van der Waals surface area contributed by atoms with Gasteiger partial charge in [0.25, 0.3) is 0 Å². The molecule has 3 heterocycles. The van der Waals surface area contributed by atoms with Crippen LogP contribution in [0.3, 0.4) is 0 Å². The number of rotatable bonds is 4. The molecule has 0 aliphatic heterocycles. The third-order valence-corrected chi connectivity index (χ3v) is 7.40. The number of hydrogen-bond acceptors (Lipinski definition) is 4. The van der Waals surface area contributed by atoms with Crippen molar-refractivity contribution in [3.8, 4) is 11.3 Å². The van der Waals surface area contributed by atoms with Crippen molar-refractivity contribution in [2.45, 2.75) is 31.5 Å². The zero-order valence-corrected chi connectivity index (χ0v) is 18.4. The van der Waals surface area contributed by atoms with Crippen LogP contribution < -0.4 is 5.32 Å². The second-order valence-corrected chi connectivity index (χ2v) is 9.24. The fourth-order valence-electron chi connectivity index (χ4n) is 4.24. The summed E-state index contributed by atoms with van der Waals surface area (Å²) in [5.41, 5.74) is 1.45. The standard InChI is InChI=1S/C20H15F4IN4S/c21-13-7-14-15(9-29(30-25)19(14)26-8-13)16-5-12(20(22,23)24)6-17(27-16)28-18-10-2-1-3-11(18)4-10/h2,5-9,11,18H,1,3-4H2,(H,27,28). The topological polar surface area (TPSA) is 42.7 Å². The number of aromatic nitrogens is 3. The van der Waals surface area contributed by atoms with Gasteiger partial charge in [-0.25, -0.2) is 14.4 Å². The number of nitrogens with one attached hydrogen (secondary N) is 1. The van der Waals surface area contributed by atoms with Crippen molar-refractivity contribution in [1.29, 1.82) is 0 Å². The minimum atomic E-state index is -4.53. The van der Waals surface area contributed by atoms with Gasteiger partial charge in [-0.2, -0.15) is 13.2 Å². The zero-order chi connectivity index (χ0) is 21.0. The van der Waals surface area contributed by atoms with Crippen molar-refractivity contribution < 1.29 is 17.6 Å². The molecule has 3 aromatic rings. The maximum absolute atomic E-state index is 13.9. The first-order valence-electron chi connectivity index (χ1n) is 9.34. The summed E-state index contributed by atoms with van der Waals surface area (Å²) in [4.78, 5) is 8.57. The first-order chi connectivity index (χ1) is 14.3. The molecule has 0 aromatic carbocycles. The third-order valence-electron chi connectivity index (χ3n) is 5.70. The van der Waals surface area contributed by atoms with Crippen LogP contribution in [-0.2, 0) is 6.18 Å². The Morgan fingerprint density at radius 3 is 2.73 bits per heavy atom. The van der Waals surface area contributed by atoms with Gasteiger partial charge in [0.1, 0.15) is 11.6 Å². The number of alkyl halides is 3. The minimum Gasteiger partial charge on any atom is -0.363 e. The molecule has 2 atom stereocenters. The Morgan fingerprint density at radius 1 is 1.23 bits per heavy atom. The highest BCUT2D eigenvalue weighted by molar-refractivity contribution is 14.2. The second-order valence-electron chi connectivity index (χ2n) is 7.53. The van der Waals surface area contributed by atoms with Gasteiger partial charge in [0.2, 0.25) is 0 Å². The molecule has 2 aliphatic carbocycles. The Balaban J connectivity index is 1.63. The van der Waals surface area contributed by atoms with Gasteiger partial charge in [-0.1, -0.05) is 11.6 Å². The summed E-state index contributed by atoms with van der Waals surface area (Å²) in [6, 6.07) is 3.36. The van der Waals surface area contributed by atoms with Crippen LogP contribution in [0.1, 0.15) is 24.8 Å². The van der Waals surface area contributed by atoms with Crippen molar-refractivity contribution in [3.05, 3.63) is 53.6 Å². The molecule has 0 saturated heterocycles. The van der Waals surface area contributed by atoms with E-state index in [0.29, 0.717) is 22.5 Å². The molecule has 2 aliphatic rings. The fraction of sp³-hybridized carbons (Fsp3) is 0.300. The van der Waals surface area contributed by atoms with Crippen LogP contribution in [0.2, 0.25) is 0 Å². The van der Waals surface area contributed by atoms with E-state index in [4.69, 9.17) is 0 Å². The summed E-state index contributed by atoms with van der Waals surface area (Å²) >= 11 is 2.04. The minimum absolute atomic E-state index is 0.0351. The molecule has 30 heavy (non-hydrogen) atoms. The predicted octanol–water partition coefficient (Wildman–Crippen LogP) is 6.62. The van der Waals surface area contributed by atoms with Crippen LogP contribution >= 0.6 is 30.3 Å². The van der Waals surface area contributed by atoms with Crippen LogP contribution in [0.15, 0.2) is 42.2 Å². The monoisotopic (exact) mass is 546 g/mol. The first kappa shape index (κ1) is 20.1. The number of allylic oxidation sites excluding steroid dienone is 1. The average molecular weight is 546 g/mol. The summed E-state index contributed by atoms with van der Waals surface area (Å²) in [7, 11) is 1.30. The Labute approximate surface area is 185 Å². The van der Waals surface area contributed by atoms with Crippen LogP contribution in [0.4, 0.5) is 23.4 Å². The van der Waals surface area contributed by atoms with Crippen molar-refractivity contribution in [1.82, 2.24) is 13.9 Å². The summed E-state index contributed by atoms with van der Waals surface area (Å²) in [6.07, 6.45) is 3.40. The maximum atomic E-state index is 13.9. The maximum Gasteiger partial charge on any atom is 0.416 e. The van der Waals surface area contributed by atoms with Gasteiger partial charge in [0.05, 0.1) is 23.5 Å². The van der Waals surface area contributed by atoms with Crippen LogP contribution in [-0.4, -0.2) is 20.0 Å². The second kappa shape index (κ2) is 7.40. The van der Waals surface area contributed by atoms with Crippen LogP contribution in [0, 0.1) is 11.7 Å². The summed E-state index contributed by atoms with van der Waals surface area (Å²) in [5.74, 6) is 0.0506. The Morgan fingerprint density at radius 2 is 2.07 bits per heavy atom. The van der Waals surface area contributed by atoms with Crippen LogP contribution in [0.25, 0.3) is 22.3 Å². The molecular weight excluding hydrogens is 531 g/mol. The summed E-state index contributed by atoms with van der Waals surface area (Å²) in [6.45, 7) is 0. The summed E-state index contributed by atoms with van der Waals surface area (Å²) in [5, 5.41) is 3.62. The number of nitrogens with zero attached hydrogens (tertiary/aromatic N) is 3. The molecule has 0 amide bonds. The molecule has 2 unspecified atom stereocenters. The van der Waals surface area contributed by atoms with E-state index < -0.39 is 17.6 Å². The molecule has 0 spiro atoms. The quantitative estimate of drug-likeness (QED) is 0.227. The lowest BCUT2D eigenvalue weighted by Crippen LogP contribution is -2.43. The molecule has 10 heteroatoms. The molecule has 0 radical (unpaired) electrons. The molecule has 5 rings (SSSR count). The Bertz CT molecular complexity index is 1170. The molecular formula is C20H15F4IN4S. The molecule has 4 nitrogen and oxygen atoms in total. The van der Waals surface area contributed by atoms with Crippen LogP contribution in [0.5, 0.6) is 0 Å². The number of anilines is 1. The van der Waals surface area contributed by atoms with Gasteiger partial charge in [-0.3, -0.25) is 3.97 Å². The van der Waals surface area contributed by atoms with Gasteiger partial charge >= 0.3 is 6.18 Å². The predicted molar refractivity (Wildman–Crippen MR) is 118 cm³/mol. The van der Waals surface area contributed by atoms with E-state index in [9.17, 15) is 17.6 Å². The first-order valence-corrected chi connectivity index (χ1v) is 12.7. The van der Waals surface area contributed by atoms with Crippen molar-refractivity contribution in [3.63, 3.8) is 0 Å². The van der Waals surface area contributed by atoms with E-state index in [1.54, 1.807) is 10.2 Å². The van der Waals surface area contributed by atoms with E-state index in [1.807, 2.05) is 21.2 Å².